The third kappa shape index (κ3) is 3.84. The van der Waals surface area contributed by atoms with E-state index in [4.69, 9.17) is 5.73 Å². The number of nitro groups is 1. The molecular weight excluding hydrogens is 243 g/mol. The van der Waals surface area contributed by atoms with Gasteiger partial charge in [0.25, 0.3) is 0 Å². The number of hydrogen-bond donors (Lipinski definition) is 1. The predicted molar refractivity (Wildman–Crippen MR) is 51.1 cm³/mol. The van der Waals surface area contributed by atoms with Gasteiger partial charge in [-0.05, 0) is 22.9 Å². The first-order valence-electron chi connectivity index (χ1n) is 3.19. The van der Waals surface area contributed by atoms with Crippen LogP contribution >= 0.6 is 15.9 Å². The Balaban J connectivity index is 5.08. The second-order valence-electron chi connectivity index (χ2n) is 2.22. The van der Waals surface area contributed by atoms with Crippen molar-refractivity contribution in [2.24, 2.45) is 5.73 Å². The van der Waals surface area contributed by atoms with Crippen LogP contribution in [0.25, 0.3) is 0 Å². The first kappa shape index (κ1) is 11.8. The Morgan fingerprint density at radius 1 is 1.77 bits per heavy atom. The third-order valence-electron chi connectivity index (χ3n) is 1.11. The molecule has 0 saturated carbocycles. The van der Waals surface area contributed by atoms with Crippen LogP contribution in [0.5, 0.6) is 0 Å². The molecule has 0 aliphatic rings. The highest BCUT2D eigenvalue weighted by atomic mass is 79.9. The molecule has 0 saturated heterocycles. The van der Waals surface area contributed by atoms with Gasteiger partial charge in [0, 0.05) is 16.3 Å². The number of hydrogen-bond acceptors (Lipinski definition) is 3. The highest BCUT2D eigenvalue weighted by molar-refractivity contribution is 9.11. The standard InChI is InChI=1S/C7H8BrFN2O2/c1-4(9)7(11(12)13)3-6(8)5(2)10/h3H,1,10H2,2H3/b6-5-,7-3+. The van der Waals surface area contributed by atoms with E-state index in [1.165, 1.54) is 6.92 Å². The lowest BCUT2D eigenvalue weighted by atomic mass is 10.3. The maximum Gasteiger partial charge on any atom is 0.305 e. The fourth-order valence-electron chi connectivity index (χ4n) is 0.464. The van der Waals surface area contributed by atoms with Crippen molar-refractivity contribution >= 4 is 15.9 Å². The van der Waals surface area contributed by atoms with Crippen LogP contribution in [-0.4, -0.2) is 4.92 Å². The van der Waals surface area contributed by atoms with E-state index < -0.39 is 16.4 Å². The van der Waals surface area contributed by atoms with Crippen molar-refractivity contribution in [3.8, 4) is 0 Å². The summed E-state index contributed by atoms with van der Waals surface area (Å²) in [5.74, 6) is -1.11. The number of allylic oxidation sites excluding steroid dienone is 4. The van der Waals surface area contributed by atoms with Crippen LogP contribution in [0.15, 0.2) is 34.4 Å². The van der Waals surface area contributed by atoms with E-state index in [1.54, 1.807) is 0 Å². The molecule has 0 radical (unpaired) electrons. The molecule has 0 spiro atoms. The molecule has 0 aromatic carbocycles. The van der Waals surface area contributed by atoms with Crippen molar-refractivity contribution in [1.29, 1.82) is 0 Å². The van der Waals surface area contributed by atoms with Gasteiger partial charge in [0.2, 0.25) is 0 Å². The minimum absolute atomic E-state index is 0.262. The van der Waals surface area contributed by atoms with E-state index in [-0.39, 0.29) is 4.48 Å². The lowest BCUT2D eigenvalue weighted by molar-refractivity contribution is -0.422. The summed E-state index contributed by atoms with van der Waals surface area (Å²) in [5, 5.41) is 10.3. The van der Waals surface area contributed by atoms with Crippen molar-refractivity contribution in [3.63, 3.8) is 0 Å². The molecule has 0 fully saturated rings. The number of nitrogens with two attached hydrogens (primary N) is 1. The topological polar surface area (TPSA) is 69.2 Å². The van der Waals surface area contributed by atoms with Gasteiger partial charge >= 0.3 is 5.70 Å². The second-order valence-corrected chi connectivity index (χ2v) is 3.08. The summed E-state index contributed by atoms with van der Waals surface area (Å²) < 4.78 is 12.7. The third-order valence-corrected chi connectivity index (χ3v) is 1.97. The summed E-state index contributed by atoms with van der Waals surface area (Å²) in [4.78, 5) is 9.38. The quantitative estimate of drug-likeness (QED) is 0.475. The zero-order valence-electron chi connectivity index (χ0n) is 6.88. The zero-order chi connectivity index (χ0) is 10.6. The Kier molecular flexibility index (Phi) is 4.33. The molecule has 0 unspecified atom stereocenters. The Morgan fingerprint density at radius 2 is 2.23 bits per heavy atom. The average molecular weight is 251 g/mol. The normalized spacial score (nSPS) is 13.6. The molecule has 6 heteroatoms. The summed E-state index contributed by atoms with van der Waals surface area (Å²) in [6, 6.07) is 0. The summed E-state index contributed by atoms with van der Waals surface area (Å²) >= 11 is 2.95. The Hall–Kier alpha value is -1.17. The van der Waals surface area contributed by atoms with Gasteiger partial charge < -0.3 is 5.73 Å². The second kappa shape index (κ2) is 4.76. The van der Waals surface area contributed by atoms with E-state index >= 15 is 0 Å². The first-order valence-corrected chi connectivity index (χ1v) is 3.98. The van der Waals surface area contributed by atoms with Gasteiger partial charge in [-0.15, -0.1) is 0 Å². The van der Waals surface area contributed by atoms with Gasteiger partial charge in [-0.1, -0.05) is 6.58 Å². The fourth-order valence-corrected chi connectivity index (χ4v) is 0.681. The summed E-state index contributed by atoms with van der Waals surface area (Å²) in [7, 11) is 0. The van der Waals surface area contributed by atoms with Crippen LogP contribution in [0, 0.1) is 10.1 Å². The molecule has 0 rings (SSSR count). The smallest absolute Gasteiger partial charge is 0.305 e. The Morgan fingerprint density at radius 3 is 2.46 bits per heavy atom. The van der Waals surface area contributed by atoms with Gasteiger partial charge in [0.15, 0.2) is 5.83 Å². The van der Waals surface area contributed by atoms with Gasteiger partial charge in [-0.25, -0.2) is 4.39 Å². The van der Waals surface area contributed by atoms with Gasteiger partial charge in [-0.3, -0.25) is 10.1 Å². The molecule has 4 nitrogen and oxygen atoms in total. The van der Waals surface area contributed by atoms with Crippen LogP contribution in [-0.2, 0) is 0 Å². The molecule has 0 aliphatic carbocycles. The molecule has 0 bridgehead atoms. The summed E-state index contributed by atoms with van der Waals surface area (Å²) in [5.41, 5.74) is 4.91. The fraction of sp³-hybridized carbons (Fsp3) is 0.143. The van der Waals surface area contributed by atoms with Gasteiger partial charge in [0.1, 0.15) is 0 Å². The monoisotopic (exact) mass is 250 g/mol. The maximum atomic E-state index is 12.5. The minimum Gasteiger partial charge on any atom is -0.401 e. The van der Waals surface area contributed by atoms with Crippen molar-refractivity contribution < 1.29 is 9.31 Å². The van der Waals surface area contributed by atoms with Crippen molar-refractivity contribution in [3.05, 3.63) is 44.5 Å². The van der Waals surface area contributed by atoms with Gasteiger partial charge in [-0.2, -0.15) is 0 Å². The van der Waals surface area contributed by atoms with Gasteiger partial charge in [0.05, 0.1) is 4.92 Å². The van der Waals surface area contributed by atoms with Crippen LogP contribution in [0.2, 0.25) is 0 Å². The SMILES string of the molecule is C=C(F)/C(=C\C(Br)=C(/C)N)[N+](=O)[O-]. The maximum absolute atomic E-state index is 12.5. The lowest BCUT2D eigenvalue weighted by Gasteiger charge is -1.95. The molecule has 0 aromatic heterocycles. The Labute approximate surface area is 82.9 Å². The first-order chi connectivity index (χ1) is 5.86. The average Bonchev–Trinajstić information content (AvgIpc) is 1.97. The van der Waals surface area contributed by atoms with Crippen molar-refractivity contribution in [2.45, 2.75) is 6.92 Å². The number of halogens is 2. The van der Waals surface area contributed by atoms with Crippen LogP contribution in [0.4, 0.5) is 4.39 Å². The lowest BCUT2D eigenvalue weighted by Crippen LogP contribution is -2.00. The molecule has 72 valence electrons. The highest BCUT2D eigenvalue weighted by Gasteiger charge is 2.15. The van der Waals surface area contributed by atoms with E-state index in [0.717, 1.165) is 6.08 Å². The van der Waals surface area contributed by atoms with Crippen LogP contribution in [0.3, 0.4) is 0 Å². The highest BCUT2D eigenvalue weighted by Crippen LogP contribution is 2.17. The molecule has 0 aromatic rings. The zero-order valence-corrected chi connectivity index (χ0v) is 8.47. The summed E-state index contributed by atoms with van der Waals surface area (Å²) in [6.45, 7) is 4.36. The summed E-state index contributed by atoms with van der Waals surface area (Å²) in [6.07, 6.45) is 0.970. The molecule has 0 heterocycles. The molecule has 2 N–H and O–H groups in total. The van der Waals surface area contributed by atoms with E-state index in [2.05, 4.69) is 22.5 Å². The molecule has 13 heavy (non-hydrogen) atoms. The van der Waals surface area contributed by atoms with E-state index in [0.29, 0.717) is 5.70 Å². The molecule has 0 atom stereocenters. The molecule has 0 amide bonds. The van der Waals surface area contributed by atoms with E-state index in [1.807, 2.05) is 0 Å². The largest absolute Gasteiger partial charge is 0.401 e. The number of nitrogens with zero attached hydrogens (tertiary/aromatic N) is 1. The van der Waals surface area contributed by atoms with Crippen LogP contribution < -0.4 is 5.73 Å². The molecule has 0 aliphatic heterocycles. The van der Waals surface area contributed by atoms with Crippen LogP contribution in [0.1, 0.15) is 6.92 Å². The van der Waals surface area contributed by atoms with E-state index in [9.17, 15) is 14.5 Å². The van der Waals surface area contributed by atoms with Crippen molar-refractivity contribution in [1.82, 2.24) is 0 Å². The Bertz CT molecular complexity index is 290. The molecular formula is C7H8BrFN2O2. The predicted octanol–water partition coefficient (Wildman–Crippen LogP) is 2.22. The number of rotatable bonds is 3. The van der Waals surface area contributed by atoms with Crippen molar-refractivity contribution in [2.75, 3.05) is 0 Å². The minimum atomic E-state index is -1.11.